The zero-order valence-electron chi connectivity index (χ0n) is 11.9. The van der Waals surface area contributed by atoms with Crippen LogP contribution in [-0.2, 0) is 24.2 Å². The molecule has 0 unspecified atom stereocenters. The number of nitrogens with zero attached hydrogens (tertiary/aromatic N) is 1. The van der Waals surface area contributed by atoms with E-state index >= 15 is 0 Å². The Balaban J connectivity index is 2.67. The van der Waals surface area contributed by atoms with Crippen molar-refractivity contribution < 1.29 is 22.7 Å². The molecule has 0 saturated heterocycles. The highest BCUT2D eigenvalue weighted by Gasteiger charge is 2.21. The van der Waals surface area contributed by atoms with E-state index in [1.807, 2.05) is 0 Å². The number of carbonyl (C=O) groups excluding carboxylic acids is 2. The fraction of sp³-hybridized carbons (Fsp3) is 0.385. The summed E-state index contributed by atoms with van der Waals surface area (Å²) in [6, 6.07) is 6.47. The first-order valence-electron chi connectivity index (χ1n) is 6.14. The number of anilines is 2. The molecule has 0 radical (unpaired) electrons. The summed E-state index contributed by atoms with van der Waals surface area (Å²) in [5, 5.41) is 0. The van der Waals surface area contributed by atoms with Gasteiger partial charge >= 0.3 is 5.97 Å². The van der Waals surface area contributed by atoms with E-state index in [1.54, 1.807) is 24.3 Å². The number of hydrogen-bond acceptors (Lipinski definition) is 6. The highest BCUT2D eigenvalue weighted by atomic mass is 32.2. The van der Waals surface area contributed by atoms with Gasteiger partial charge in [0.2, 0.25) is 5.91 Å². The van der Waals surface area contributed by atoms with Gasteiger partial charge in [0.25, 0.3) is 0 Å². The van der Waals surface area contributed by atoms with E-state index in [4.69, 9.17) is 5.73 Å². The van der Waals surface area contributed by atoms with Crippen LogP contribution in [0.15, 0.2) is 24.3 Å². The number of sulfone groups is 1. The number of ether oxygens (including phenoxy) is 1. The van der Waals surface area contributed by atoms with Crippen LogP contribution < -0.4 is 10.6 Å². The number of amides is 1. The van der Waals surface area contributed by atoms with Gasteiger partial charge in [0, 0.05) is 18.4 Å². The van der Waals surface area contributed by atoms with E-state index in [-0.39, 0.29) is 6.42 Å². The van der Waals surface area contributed by atoms with Crippen molar-refractivity contribution in [3.05, 3.63) is 24.3 Å². The molecule has 8 heteroatoms. The molecule has 0 aliphatic heterocycles. The second kappa shape index (κ2) is 7.07. The minimum atomic E-state index is -3.66. The Kier molecular flexibility index (Phi) is 5.71. The summed E-state index contributed by atoms with van der Waals surface area (Å²) in [5.41, 5.74) is 6.63. The fourth-order valence-corrected chi connectivity index (χ4v) is 2.73. The van der Waals surface area contributed by atoms with Crippen molar-refractivity contribution in [2.75, 3.05) is 36.3 Å². The Bertz CT molecular complexity index is 610. The molecule has 0 fully saturated rings. The molecule has 0 bridgehead atoms. The monoisotopic (exact) mass is 314 g/mol. The standard InChI is InChI=1S/C13H18N2O5S/c1-15(11-5-3-10(14)4-6-11)12(16)9-21(18,19)8-7-13(17)20-2/h3-6H,7-9,14H2,1-2H3. The first-order chi connectivity index (χ1) is 9.75. The highest BCUT2D eigenvalue weighted by molar-refractivity contribution is 7.92. The van der Waals surface area contributed by atoms with Crippen LogP contribution in [0.4, 0.5) is 11.4 Å². The maximum Gasteiger partial charge on any atom is 0.306 e. The van der Waals surface area contributed by atoms with Crippen LogP contribution in [0.1, 0.15) is 6.42 Å². The smallest absolute Gasteiger partial charge is 0.306 e. The van der Waals surface area contributed by atoms with Crippen LogP contribution in [0, 0.1) is 0 Å². The minimum Gasteiger partial charge on any atom is -0.469 e. The SMILES string of the molecule is COC(=O)CCS(=O)(=O)CC(=O)N(C)c1ccc(N)cc1. The predicted molar refractivity (Wildman–Crippen MR) is 79.6 cm³/mol. The lowest BCUT2D eigenvalue weighted by molar-refractivity contribution is -0.140. The van der Waals surface area contributed by atoms with Crippen molar-refractivity contribution in [1.82, 2.24) is 0 Å². The summed E-state index contributed by atoms with van der Waals surface area (Å²) in [7, 11) is -1.01. The second-order valence-corrected chi connectivity index (χ2v) is 6.65. The maximum atomic E-state index is 12.0. The first kappa shape index (κ1) is 17.0. The molecule has 0 saturated carbocycles. The van der Waals surface area contributed by atoms with Gasteiger partial charge in [-0.2, -0.15) is 0 Å². The topological polar surface area (TPSA) is 107 Å². The largest absolute Gasteiger partial charge is 0.469 e. The van der Waals surface area contributed by atoms with E-state index < -0.39 is 33.2 Å². The molecule has 0 spiro atoms. The molecule has 116 valence electrons. The predicted octanol–water partition coefficient (Wildman–Crippen LogP) is 0.210. The van der Waals surface area contributed by atoms with Crippen molar-refractivity contribution in [1.29, 1.82) is 0 Å². The molecule has 0 aliphatic rings. The van der Waals surface area contributed by atoms with E-state index in [2.05, 4.69) is 4.74 Å². The fourth-order valence-electron chi connectivity index (χ4n) is 1.54. The molecule has 0 heterocycles. The Hall–Kier alpha value is -2.09. The molecule has 0 atom stereocenters. The van der Waals surface area contributed by atoms with Crippen LogP contribution in [-0.4, -0.2) is 46.0 Å². The van der Waals surface area contributed by atoms with Crippen LogP contribution in [0.2, 0.25) is 0 Å². The van der Waals surface area contributed by atoms with Crippen molar-refractivity contribution in [2.45, 2.75) is 6.42 Å². The number of esters is 1. The van der Waals surface area contributed by atoms with E-state index in [0.29, 0.717) is 11.4 Å². The van der Waals surface area contributed by atoms with Gasteiger partial charge in [0.05, 0.1) is 19.3 Å². The van der Waals surface area contributed by atoms with Crippen LogP contribution >= 0.6 is 0 Å². The molecule has 0 aliphatic carbocycles. The van der Waals surface area contributed by atoms with Crippen LogP contribution in [0.25, 0.3) is 0 Å². The van der Waals surface area contributed by atoms with Crippen molar-refractivity contribution >= 4 is 33.1 Å². The van der Waals surface area contributed by atoms with Crippen LogP contribution in [0.5, 0.6) is 0 Å². The Morgan fingerprint density at radius 1 is 1.24 bits per heavy atom. The molecule has 1 rings (SSSR count). The zero-order valence-corrected chi connectivity index (χ0v) is 12.7. The van der Waals surface area contributed by atoms with Gasteiger partial charge < -0.3 is 15.4 Å². The Morgan fingerprint density at radius 2 is 1.81 bits per heavy atom. The molecular weight excluding hydrogens is 296 g/mol. The normalized spacial score (nSPS) is 11.0. The molecule has 1 aromatic carbocycles. The molecule has 2 N–H and O–H groups in total. The van der Waals surface area contributed by atoms with E-state index in [0.717, 1.165) is 0 Å². The van der Waals surface area contributed by atoms with Gasteiger partial charge in [-0.15, -0.1) is 0 Å². The molecule has 0 aromatic heterocycles. The van der Waals surface area contributed by atoms with Gasteiger partial charge in [-0.25, -0.2) is 8.42 Å². The third kappa shape index (κ3) is 5.42. The summed E-state index contributed by atoms with van der Waals surface area (Å²) in [4.78, 5) is 24.1. The number of benzene rings is 1. The minimum absolute atomic E-state index is 0.266. The summed E-state index contributed by atoms with van der Waals surface area (Å²) in [5.74, 6) is -2.28. The van der Waals surface area contributed by atoms with Gasteiger partial charge in [-0.3, -0.25) is 9.59 Å². The lowest BCUT2D eigenvalue weighted by Gasteiger charge is -2.17. The summed E-state index contributed by atoms with van der Waals surface area (Å²) in [6.07, 6.45) is -0.266. The maximum absolute atomic E-state index is 12.0. The van der Waals surface area contributed by atoms with Gasteiger partial charge in [-0.05, 0) is 24.3 Å². The summed E-state index contributed by atoms with van der Waals surface area (Å²) < 4.78 is 27.9. The van der Waals surface area contributed by atoms with E-state index in [9.17, 15) is 18.0 Å². The quantitative estimate of drug-likeness (QED) is 0.594. The number of nitrogen functional groups attached to an aromatic ring is 1. The zero-order chi connectivity index (χ0) is 16.0. The van der Waals surface area contributed by atoms with Crippen molar-refractivity contribution in [2.24, 2.45) is 0 Å². The summed E-state index contributed by atoms with van der Waals surface area (Å²) >= 11 is 0. The van der Waals surface area contributed by atoms with Gasteiger partial charge in [-0.1, -0.05) is 0 Å². The third-order valence-electron chi connectivity index (χ3n) is 2.84. The number of methoxy groups -OCH3 is 1. The highest BCUT2D eigenvalue weighted by Crippen LogP contribution is 2.15. The van der Waals surface area contributed by atoms with Crippen LogP contribution in [0.3, 0.4) is 0 Å². The van der Waals surface area contributed by atoms with E-state index in [1.165, 1.54) is 19.1 Å². The molecular formula is C13H18N2O5S. The average Bonchev–Trinajstić information content (AvgIpc) is 2.44. The summed E-state index contributed by atoms with van der Waals surface area (Å²) in [6.45, 7) is 0. The Morgan fingerprint density at radius 3 is 2.33 bits per heavy atom. The number of rotatable bonds is 6. The van der Waals surface area contributed by atoms with Crippen molar-refractivity contribution in [3.8, 4) is 0 Å². The molecule has 21 heavy (non-hydrogen) atoms. The molecule has 1 aromatic rings. The first-order valence-corrected chi connectivity index (χ1v) is 7.96. The number of nitrogens with two attached hydrogens (primary N) is 1. The molecule has 7 nitrogen and oxygen atoms in total. The Labute approximate surface area is 123 Å². The lowest BCUT2D eigenvalue weighted by Crippen LogP contribution is -2.33. The average molecular weight is 314 g/mol. The number of hydrogen-bond donors (Lipinski definition) is 1. The lowest BCUT2D eigenvalue weighted by atomic mass is 10.2. The number of carbonyl (C=O) groups is 2. The van der Waals surface area contributed by atoms with Crippen molar-refractivity contribution in [3.63, 3.8) is 0 Å². The van der Waals surface area contributed by atoms with Gasteiger partial charge in [0.1, 0.15) is 5.75 Å². The third-order valence-corrected chi connectivity index (χ3v) is 4.36. The second-order valence-electron chi connectivity index (χ2n) is 4.46. The molecule has 1 amide bonds. The van der Waals surface area contributed by atoms with Gasteiger partial charge in [0.15, 0.2) is 9.84 Å².